The van der Waals surface area contributed by atoms with Gasteiger partial charge in [-0.1, -0.05) is 29.8 Å². The minimum absolute atomic E-state index is 0.0359. The minimum atomic E-state index is -4.51. The number of pyridine rings is 1. The third kappa shape index (κ3) is 2.39. The topological polar surface area (TPSA) is 12.9 Å². The van der Waals surface area contributed by atoms with E-state index in [9.17, 15) is 13.2 Å². The van der Waals surface area contributed by atoms with Gasteiger partial charge < -0.3 is 0 Å². The number of nitrogens with zero attached hydrogens (tertiary/aromatic N) is 1. The van der Waals surface area contributed by atoms with Gasteiger partial charge in [-0.3, -0.25) is 0 Å². The Labute approximate surface area is 88.2 Å². The SMILES string of the molecule is C=C(c1ccc(Cl)nc1Cl)C(F)(F)F. The molecule has 0 radical (unpaired) electrons. The molecule has 0 aliphatic rings. The zero-order chi connectivity index (χ0) is 10.9. The summed E-state index contributed by atoms with van der Waals surface area (Å²) in [6.07, 6.45) is -4.51. The van der Waals surface area contributed by atoms with Gasteiger partial charge in [0, 0.05) is 5.56 Å². The molecule has 0 bridgehead atoms. The van der Waals surface area contributed by atoms with Crippen LogP contribution in [-0.4, -0.2) is 11.2 Å². The van der Waals surface area contributed by atoms with Crippen molar-refractivity contribution in [1.82, 2.24) is 4.98 Å². The maximum absolute atomic E-state index is 12.2. The van der Waals surface area contributed by atoms with Crippen LogP contribution >= 0.6 is 23.2 Å². The molecule has 0 saturated carbocycles. The number of rotatable bonds is 1. The molecule has 0 unspecified atom stereocenters. The highest BCUT2D eigenvalue weighted by atomic mass is 35.5. The van der Waals surface area contributed by atoms with E-state index in [0.717, 1.165) is 6.07 Å². The smallest absolute Gasteiger partial charge is 0.224 e. The van der Waals surface area contributed by atoms with E-state index in [2.05, 4.69) is 11.6 Å². The summed E-state index contributed by atoms with van der Waals surface area (Å²) in [6.45, 7) is 2.89. The van der Waals surface area contributed by atoms with Crippen LogP contribution in [0.1, 0.15) is 5.56 Å². The van der Waals surface area contributed by atoms with Gasteiger partial charge in [-0.05, 0) is 12.1 Å². The second kappa shape index (κ2) is 3.79. The van der Waals surface area contributed by atoms with Crippen LogP contribution in [0.4, 0.5) is 13.2 Å². The Kier molecular flexibility index (Phi) is 3.07. The first kappa shape index (κ1) is 11.3. The van der Waals surface area contributed by atoms with E-state index in [-0.39, 0.29) is 15.9 Å². The first-order valence-electron chi connectivity index (χ1n) is 3.41. The zero-order valence-corrected chi connectivity index (χ0v) is 8.21. The molecule has 14 heavy (non-hydrogen) atoms. The number of hydrogen-bond acceptors (Lipinski definition) is 1. The van der Waals surface area contributed by atoms with Gasteiger partial charge in [-0.15, -0.1) is 0 Å². The molecule has 0 fully saturated rings. The summed E-state index contributed by atoms with van der Waals surface area (Å²) in [7, 11) is 0. The van der Waals surface area contributed by atoms with Crippen LogP contribution in [0.5, 0.6) is 0 Å². The summed E-state index contributed by atoms with van der Waals surface area (Å²) >= 11 is 10.9. The molecule has 0 aliphatic carbocycles. The minimum Gasteiger partial charge on any atom is -0.224 e. The molecule has 1 heterocycles. The van der Waals surface area contributed by atoms with Gasteiger partial charge in [0.15, 0.2) is 0 Å². The van der Waals surface area contributed by atoms with Crippen LogP contribution in [0.3, 0.4) is 0 Å². The first-order chi connectivity index (χ1) is 6.32. The molecule has 0 atom stereocenters. The van der Waals surface area contributed by atoms with Gasteiger partial charge in [0.25, 0.3) is 0 Å². The summed E-state index contributed by atoms with van der Waals surface area (Å²) in [6, 6.07) is 2.35. The van der Waals surface area contributed by atoms with Gasteiger partial charge in [-0.25, -0.2) is 4.98 Å². The molecule has 1 aromatic rings. The Hall–Kier alpha value is -0.740. The van der Waals surface area contributed by atoms with Crippen LogP contribution in [0.15, 0.2) is 18.7 Å². The molecular formula is C8H4Cl2F3N. The number of halogens is 5. The van der Waals surface area contributed by atoms with Gasteiger partial charge in [0.1, 0.15) is 10.3 Å². The Morgan fingerprint density at radius 1 is 1.29 bits per heavy atom. The lowest BCUT2D eigenvalue weighted by molar-refractivity contribution is -0.0686. The van der Waals surface area contributed by atoms with E-state index in [1.54, 1.807) is 0 Å². The number of allylic oxidation sites excluding steroid dienone is 1. The lowest BCUT2D eigenvalue weighted by Crippen LogP contribution is -2.10. The quantitative estimate of drug-likeness (QED) is 0.679. The maximum atomic E-state index is 12.2. The predicted molar refractivity (Wildman–Crippen MR) is 49.3 cm³/mol. The van der Waals surface area contributed by atoms with Crippen molar-refractivity contribution in [2.24, 2.45) is 0 Å². The fraction of sp³-hybridized carbons (Fsp3) is 0.125. The second-order valence-electron chi connectivity index (χ2n) is 2.45. The molecule has 6 heteroatoms. The van der Waals surface area contributed by atoms with Crippen molar-refractivity contribution < 1.29 is 13.2 Å². The highest BCUT2D eigenvalue weighted by molar-refractivity contribution is 6.33. The van der Waals surface area contributed by atoms with E-state index in [0.29, 0.717) is 0 Å². The average molecular weight is 242 g/mol. The summed E-state index contributed by atoms with van der Waals surface area (Å²) in [5.74, 6) is 0. The molecule has 0 saturated heterocycles. The lowest BCUT2D eigenvalue weighted by atomic mass is 10.1. The Bertz CT molecular complexity index is 373. The number of aromatic nitrogens is 1. The Morgan fingerprint density at radius 2 is 1.86 bits per heavy atom. The molecular weight excluding hydrogens is 238 g/mol. The van der Waals surface area contributed by atoms with Crippen molar-refractivity contribution >= 4 is 28.8 Å². The van der Waals surface area contributed by atoms with E-state index in [1.165, 1.54) is 6.07 Å². The molecule has 0 amide bonds. The molecule has 76 valence electrons. The fourth-order valence-corrected chi connectivity index (χ4v) is 1.25. The van der Waals surface area contributed by atoms with E-state index in [4.69, 9.17) is 23.2 Å². The molecule has 0 N–H and O–H groups in total. The van der Waals surface area contributed by atoms with Crippen LogP contribution in [0, 0.1) is 0 Å². The highest BCUT2D eigenvalue weighted by Crippen LogP contribution is 2.35. The average Bonchev–Trinajstić information content (AvgIpc) is 2.01. The normalized spacial score (nSPS) is 11.5. The Balaban J connectivity index is 3.15. The summed E-state index contributed by atoms with van der Waals surface area (Å²) < 4.78 is 36.6. The largest absolute Gasteiger partial charge is 0.416 e. The van der Waals surface area contributed by atoms with Crippen molar-refractivity contribution in [1.29, 1.82) is 0 Å². The van der Waals surface area contributed by atoms with Crippen LogP contribution in [0.25, 0.3) is 5.57 Å². The summed E-state index contributed by atoms with van der Waals surface area (Å²) in [5.41, 5.74) is -1.30. The molecule has 1 aromatic heterocycles. The van der Waals surface area contributed by atoms with Crippen molar-refractivity contribution in [2.75, 3.05) is 0 Å². The van der Waals surface area contributed by atoms with Crippen LogP contribution in [-0.2, 0) is 0 Å². The molecule has 1 rings (SSSR count). The zero-order valence-electron chi connectivity index (χ0n) is 6.70. The van der Waals surface area contributed by atoms with Crippen molar-refractivity contribution in [3.8, 4) is 0 Å². The third-order valence-corrected chi connectivity index (χ3v) is 1.98. The molecule has 0 spiro atoms. The van der Waals surface area contributed by atoms with Gasteiger partial charge in [0.2, 0.25) is 0 Å². The highest BCUT2D eigenvalue weighted by Gasteiger charge is 2.34. The maximum Gasteiger partial charge on any atom is 0.416 e. The molecule has 0 aromatic carbocycles. The predicted octanol–water partition coefficient (Wildman–Crippen LogP) is 3.96. The van der Waals surface area contributed by atoms with Gasteiger partial charge >= 0.3 is 6.18 Å². The van der Waals surface area contributed by atoms with Crippen LogP contribution in [0.2, 0.25) is 10.3 Å². The number of hydrogen-bond donors (Lipinski definition) is 0. The molecule has 1 nitrogen and oxygen atoms in total. The van der Waals surface area contributed by atoms with Crippen molar-refractivity contribution in [3.05, 3.63) is 34.6 Å². The van der Waals surface area contributed by atoms with E-state index in [1.807, 2.05) is 0 Å². The van der Waals surface area contributed by atoms with Crippen molar-refractivity contribution in [2.45, 2.75) is 6.18 Å². The second-order valence-corrected chi connectivity index (χ2v) is 3.19. The monoisotopic (exact) mass is 241 g/mol. The van der Waals surface area contributed by atoms with Gasteiger partial charge in [-0.2, -0.15) is 13.2 Å². The Morgan fingerprint density at radius 3 is 2.29 bits per heavy atom. The van der Waals surface area contributed by atoms with E-state index >= 15 is 0 Å². The standard InChI is InChI=1S/C8H4Cl2F3N/c1-4(8(11,12)13)5-2-3-6(9)14-7(5)10/h2-3H,1H2. The van der Waals surface area contributed by atoms with Crippen molar-refractivity contribution in [3.63, 3.8) is 0 Å². The van der Waals surface area contributed by atoms with Crippen LogP contribution < -0.4 is 0 Å². The third-order valence-electron chi connectivity index (χ3n) is 1.48. The number of alkyl halides is 3. The fourth-order valence-electron chi connectivity index (χ4n) is 0.790. The summed E-state index contributed by atoms with van der Waals surface area (Å²) in [5, 5.41) is -0.270. The lowest BCUT2D eigenvalue weighted by Gasteiger charge is -2.10. The van der Waals surface area contributed by atoms with Gasteiger partial charge in [0.05, 0.1) is 5.57 Å². The molecule has 0 aliphatic heterocycles. The van der Waals surface area contributed by atoms with E-state index < -0.39 is 11.7 Å². The first-order valence-corrected chi connectivity index (χ1v) is 4.16. The summed E-state index contributed by atoms with van der Waals surface area (Å²) in [4.78, 5) is 3.48.